The van der Waals surface area contributed by atoms with Crippen molar-refractivity contribution in [2.45, 2.75) is 9.24 Å². The molecule has 1 aromatic carbocycles. The molecule has 19 heavy (non-hydrogen) atoms. The summed E-state index contributed by atoms with van der Waals surface area (Å²) in [6, 6.07) is 4.79. The van der Waals surface area contributed by atoms with Gasteiger partial charge in [0.15, 0.2) is 4.34 Å². The first-order valence-corrected chi connectivity index (χ1v) is 6.92. The summed E-state index contributed by atoms with van der Waals surface area (Å²) < 4.78 is 0.691. The van der Waals surface area contributed by atoms with E-state index in [-0.39, 0.29) is 5.56 Å². The number of hydrogen-bond donors (Lipinski definition) is 2. The minimum absolute atomic E-state index is 0.173. The number of aromatic carboxylic acids is 1. The summed E-state index contributed by atoms with van der Waals surface area (Å²) in [4.78, 5) is 13.6. The Morgan fingerprint density at radius 1 is 1.42 bits per heavy atom. The van der Waals surface area contributed by atoms with Gasteiger partial charge in [-0.2, -0.15) is 0 Å². The highest BCUT2D eigenvalue weighted by Gasteiger charge is 2.14. The summed E-state index contributed by atoms with van der Waals surface area (Å²) in [5, 5.41) is 18.0. The van der Waals surface area contributed by atoms with Crippen molar-refractivity contribution in [2.75, 3.05) is 24.7 Å². The highest BCUT2D eigenvalue weighted by Crippen LogP contribution is 2.35. The number of hydrogen-bond acceptors (Lipinski definition) is 7. The Morgan fingerprint density at radius 2 is 2.16 bits per heavy atom. The van der Waals surface area contributed by atoms with Crippen LogP contribution in [0.15, 0.2) is 27.4 Å². The Hall–Kier alpha value is -1.80. The predicted octanol–water partition coefficient (Wildman–Crippen LogP) is 2.04. The smallest absolute Gasteiger partial charge is 0.336 e. The number of anilines is 2. The number of carbonyl (C=O) groups is 1. The predicted molar refractivity (Wildman–Crippen MR) is 76.2 cm³/mol. The molecular weight excluding hydrogens is 284 g/mol. The maximum Gasteiger partial charge on any atom is 0.336 e. The molecule has 6 nitrogen and oxygen atoms in total. The van der Waals surface area contributed by atoms with Gasteiger partial charge in [0, 0.05) is 24.7 Å². The second-order valence-electron chi connectivity index (χ2n) is 3.91. The van der Waals surface area contributed by atoms with Crippen molar-refractivity contribution < 1.29 is 9.90 Å². The normalized spacial score (nSPS) is 10.4. The Kier molecular flexibility index (Phi) is 3.91. The first-order chi connectivity index (χ1) is 8.97. The molecule has 0 aliphatic rings. The van der Waals surface area contributed by atoms with Crippen LogP contribution in [0.4, 0.5) is 10.8 Å². The monoisotopic (exact) mass is 296 g/mol. The number of nitrogens with two attached hydrogens (primary N) is 1. The van der Waals surface area contributed by atoms with Crippen molar-refractivity contribution >= 4 is 39.9 Å². The van der Waals surface area contributed by atoms with Gasteiger partial charge in [0.2, 0.25) is 5.13 Å². The first kappa shape index (κ1) is 13.6. The fraction of sp³-hybridized carbons (Fsp3) is 0.182. The van der Waals surface area contributed by atoms with Gasteiger partial charge in [0.25, 0.3) is 0 Å². The van der Waals surface area contributed by atoms with Crippen molar-refractivity contribution in [3.05, 3.63) is 23.8 Å². The highest BCUT2D eigenvalue weighted by atomic mass is 32.2. The van der Waals surface area contributed by atoms with Gasteiger partial charge in [-0.25, -0.2) is 4.79 Å². The van der Waals surface area contributed by atoms with E-state index in [2.05, 4.69) is 10.2 Å². The molecule has 0 amide bonds. The van der Waals surface area contributed by atoms with Crippen LogP contribution in [0.1, 0.15) is 10.4 Å². The van der Waals surface area contributed by atoms with E-state index >= 15 is 0 Å². The molecule has 2 rings (SSSR count). The van der Waals surface area contributed by atoms with Gasteiger partial charge >= 0.3 is 5.97 Å². The number of rotatable bonds is 4. The molecule has 8 heteroatoms. The van der Waals surface area contributed by atoms with E-state index in [0.717, 1.165) is 5.13 Å². The van der Waals surface area contributed by atoms with Gasteiger partial charge in [-0.05, 0) is 18.2 Å². The first-order valence-electron chi connectivity index (χ1n) is 5.29. The van der Waals surface area contributed by atoms with E-state index in [9.17, 15) is 4.79 Å². The number of carboxylic acid groups (broad SMARTS) is 1. The van der Waals surface area contributed by atoms with Crippen LogP contribution >= 0.6 is 23.1 Å². The fourth-order valence-electron chi connectivity index (χ4n) is 1.32. The standard InChI is InChI=1S/C11H12N4O2S2/c1-15(2)10-13-14-11(19-10)18-8-4-3-6(12)5-7(8)9(16)17/h3-5H,12H2,1-2H3,(H,16,17). The van der Waals surface area contributed by atoms with Gasteiger partial charge in [-0.15, -0.1) is 10.2 Å². The summed E-state index contributed by atoms with van der Waals surface area (Å²) in [6.07, 6.45) is 0. The molecule has 0 bridgehead atoms. The minimum atomic E-state index is -1.01. The molecule has 0 spiro atoms. The summed E-state index contributed by atoms with van der Waals surface area (Å²) >= 11 is 2.67. The van der Waals surface area contributed by atoms with E-state index in [1.54, 1.807) is 12.1 Å². The van der Waals surface area contributed by atoms with E-state index in [1.165, 1.54) is 29.2 Å². The molecule has 1 heterocycles. The molecule has 0 saturated heterocycles. The molecule has 3 N–H and O–H groups in total. The van der Waals surface area contributed by atoms with Crippen LogP contribution in [-0.4, -0.2) is 35.4 Å². The van der Waals surface area contributed by atoms with Crippen LogP contribution in [0.2, 0.25) is 0 Å². The van der Waals surface area contributed by atoms with Crippen LogP contribution in [0.5, 0.6) is 0 Å². The molecule has 0 atom stereocenters. The van der Waals surface area contributed by atoms with Crippen molar-refractivity contribution in [2.24, 2.45) is 0 Å². The SMILES string of the molecule is CN(C)c1nnc(Sc2ccc(N)cc2C(=O)O)s1. The number of nitrogens with zero attached hydrogens (tertiary/aromatic N) is 3. The van der Waals surface area contributed by atoms with Crippen LogP contribution in [0, 0.1) is 0 Å². The van der Waals surface area contributed by atoms with Gasteiger partial charge < -0.3 is 15.7 Å². The minimum Gasteiger partial charge on any atom is -0.478 e. The van der Waals surface area contributed by atoms with Gasteiger partial charge in [0.1, 0.15) is 0 Å². The molecule has 0 unspecified atom stereocenters. The summed E-state index contributed by atoms with van der Waals surface area (Å²) in [7, 11) is 3.75. The van der Waals surface area contributed by atoms with Crippen LogP contribution in [0.25, 0.3) is 0 Å². The van der Waals surface area contributed by atoms with E-state index in [1.807, 2.05) is 19.0 Å². The lowest BCUT2D eigenvalue weighted by atomic mass is 10.2. The zero-order chi connectivity index (χ0) is 14.0. The second-order valence-corrected chi connectivity index (χ2v) is 6.15. The van der Waals surface area contributed by atoms with E-state index in [4.69, 9.17) is 10.8 Å². The Bertz CT molecular complexity index is 612. The summed E-state index contributed by atoms with van der Waals surface area (Å²) in [6.45, 7) is 0. The molecule has 0 fully saturated rings. The third kappa shape index (κ3) is 3.15. The lowest BCUT2D eigenvalue weighted by Gasteiger charge is -2.05. The third-order valence-electron chi connectivity index (χ3n) is 2.21. The van der Waals surface area contributed by atoms with Crippen LogP contribution in [0.3, 0.4) is 0 Å². The third-order valence-corrected chi connectivity index (χ3v) is 4.43. The second kappa shape index (κ2) is 5.45. The zero-order valence-electron chi connectivity index (χ0n) is 10.3. The molecule has 0 aliphatic heterocycles. The molecule has 0 aliphatic carbocycles. The molecule has 0 radical (unpaired) electrons. The molecule has 1 aromatic heterocycles. The van der Waals surface area contributed by atoms with Crippen molar-refractivity contribution in [3.63, 3.8) is 0 Å². The van der Waals surface area contributed by atoms with Crippen LogP contribution in [-0.2, 0) is 0 Å². The lowest BCUT2D eigenvalue weighted by Crippen LogP contribution is -2.07. The van der Waals surface area contributed by atoms with Gasteiger partial charge in [-0.3, -0.25) is 0 Å². The molecular formula is C11H12N4O2S2. The number of aromatic nitrogens is 2. The van der Waals surface area contributed by atoms with Crippen LogP contribution < -0.4 is 10.6 Å². The number of benzene rings is 1. The zero-order valence-corrected chi connectivity index (χ0v) is 12.0. The largest absolute Gasteiger partial charge is 0.478 e. The average molecular weight is 296 g/mol. The number of carboxylic acids is 1. The molecule has 0 saturated carbocycles. The summed E-state index contributed by atoms with van der Waals surface area (Å²) in [5.74, 6) is -1.01. The maximum atomic E-state index is 11.2. The van der Waals surface area contributed by atoms with Crippen molar-refractivity contribution in [3.8, 4) is 0 Å². The van der Waals surface area contributed by atoms with E-state index < -0.39 is 5.97 Å². The fourth-order valence-corrected chi connectivity index (χ4v) is 3.15. The van der Waals surface area contributed by atoms with E-state index in [0.29, 0.717) is 14.9 Å². The Morgan fingerprint density at radius 3 is 2.74 bits per heavy atom. The summed E-state index contributed by atoms with van der Waals surface area (Å²) in [5.41, 5.74) is 6.19. The average Bonchev–Trinajstić information content (AvgIpc) is 2.80. The Labute approximate surface area is 118 Å². The van der Waals surface area contributed by atoms with Crippen molar-refractivity contribution in [1.82, 2.24) is 10.2 Å². The van der Waals surface area contributed by atoms with Gasteiger partial charge in [0.05, 0.1) is 5.56 Å². The topological polar surface area (TPSA) is 92.3 Å². The molecule has 100 valence electrons. The lowest BCUT2D eigenvalue weighted by molar-refractivity contribution is 0.0693. The Balaban J connectivity index is 2.29. The quantitative estimate of drug-likeness (QED) is 0.834. The van der Waals surface area contributed by atoms with Gasteiger partial charge in [-0.1, -0.05) is 23.1 Å². The van der Waals surface area contributed by atoms with Crippen molar-refractivity contribution in [1.29, 1.82) is 0 Å². The highest BCUT2D eigenvalue weighted by molar-refractivity contribution is 8.01. The number of nitrogen functional groups attached to an aromatic ring is 1. The molecule has 2 aromatic rings. The maximum absolute atomic E-state index is 11.2.